The Balaban J connectivity index is 1.14. The van der Waals surface area contributed by atoms with E-state index in [0.717, 1.165) is 44.1 Å². The number of H-pyrrole nitrogens is 2. The smallest absolute Gasteiger partial charge is 0.164 e. The van der Waals surface area contributed by atoms with E-state index in [2.05, 4.69) is 83.8 Å². The number of aromatic amines is 2. The molecule has 0 unspecified atom stereocenters. The minimum absolute atomic E-state index is 0.222. The van der Waals surface area contributed by atoms with E-state index in [0.29, 0.717) is 57.7 Å². The van der Waals surface area contributed by atoms with Gasteiger partial charge in [-0.15, -0.1) is 0 Å². The molecule has 0 atom stereocenters. The predicted molar refractivity (Wildman–Crippen MR) is 173 cm³/mol. The van der Waals surface area contributed by atoms with Crippen LogP contribution in [0.25, 0.3) is 66.6 Å². The van der Waals surface area contributed by atoms with Crippen LogP contribution in [0.1, 0.15) is 25.5 Å². The van der Waals surface area contributed by atoms with Crippen molar-refractivity contribution in [1.82, 2.24) is 49.2 Å². The van der Waals surface area contributed by atoms with Crippen LogP contribution in [-0.2, 0) is 13.0 Å². The summed E-state index contributed by atoms with van der Waals surface area (Å²) in [5.41, 5.74) is 20.1. The van der Waals surface area contributed by atoms with Gasteiger partial charge in [0.15, 0.2) is 5.65 Å². The van der Waals surface area contributed by atoms with E-state index >= 15 is 0 Å². The second-order valence-electron chi connectivity index (χ2n) is 11.1. The molecule has 1 aromatic carbocycles. The number of nitrogens with two attached hydrogens (primary N) is 2. The zero-order valence-electron chi connectivity index (χ0n) is 23.9. The van der Waals surface area contributed by atoms with Crippen molar-refractivity contribution < 1.29 is 0 Å². The summed E-state index contributed by atoms with van der Waals surface area (Å²) < 4.78 is 3.98. The van der Waals surface area contributed by atoms with Crippen molar-refractivity contribution in [3.8, 4) is 22.6 Å². The van der Waals surface area contributed by atoms with Gasteiger partial charge in [0.25, 0.3) is 0 Å². The summed E-state index contributed by atoms with van der Waals surface area (Å²) in [5.74, 6) is 0.799. The maximum Gasteiger partial charge on any atom is 0.164 e. The van der Waals surface area contributed by atoms with Crippen LogP contribution in [-0.4, -0.2) is 49.2 Å². The number of aromatic nitrogens is 10. The van der Waals surface area contributed by atoms with Gasteiger partial charge in [-0.2, -0.15) is 5.10 Å². The quantitative estimate of drug-likeness (QED) is 0.182. The van der Waals surface area contributed by atoms with E-state index in [1.807, 2.05) is 16.8 Å². The zero-order chi connectivity index (χ0) is 30.1. The molecule has 0 aliphatic rings. The standard InChI is InChI=1S/C31H27ClN12/c1-15(2)43-12-19(22-27(33)36-13-38-30(22)43)21-11-17-6-5-16(10-20(17)40-21)7-9-44-31-23(28(34)37-14-39-31)25(42-44)26-24(32)18-4-3-8-35-29(18)41-26/h3-6,8,10-15,40H,7,9H2,1-2H3,(H,35,41)(H2,33,36,38)(H2,34,37,39). The molecule has 7 aromatic heterocycles. The molecule has 0 radical (unpaired) electrons. The number of halogens is 1. The Morgan fingerprint density at radius 2 is 1.70 bits per heavy atom. The van der Waals surface area contributed by atoms with Gasteiger partial charge in [-0.25, -0.2) is 29.6 Å². The SMILES string of the molecule is CC(C)n1cc(-c2cc3ccc(CCn4nc(-c5[nH]c6ncccc6c5Cl)c5c(N)ncnc54)cc3[nH]2)c2c(N)ncnc21. The van der Waals surface area contributed by atoms with Crippen LogP contribution in [0.2, 0.25) is 5.02 Å². The predicted octanol–water partition coefficient (Wildman–Crippen LogP) is 5.90. The van der Waals surface area contributed by atoms with E-state index in [4.69, 9.17) is 28.2 Å². The van der Waals surface area contributed by atoms with Crippen LogP contribution in [0.15, 0.2) is 61.4 Å². The Morgan fingerprint density at radius 3 is 2.50 bits per heavy atom. The normalized spacial score (nSPS) is 12.1. The minimum Gasteiger partial charge on any atom is -0.383 e. The third kappa shape index (κ3) is 3.98. The molecule has 218 valence electrons. The molecular weight excluding hydrogens is 576 g/mol. The van der Waals surface area contributed by atoms with E-state index in [-0.39, 0.29) is 6.04 Å². The molecule has 0 saturated carbocycles. The average molecular weight is 603 g/mol. The van der Waals surface area contributed by atoms with Crippen molar-refractivity contribution in [2.75, 3.05) is 11.5 Å². The monoisotopic (exact) mass is 602 g/mol. The number of hydrogen-bond donors (Lipinski definition) is 4. The molecular formula is C31H27ClN12. The van der Waals surface area contributed by atoms with E-state index in [9.17, 15) is 0 Å². The number of hydrogen-bond acceptors (Lipinski definition) is 8. The number of aryl methyl sites for hydroxylation is 2. The summed E-state index contributed by atoms with van der Waals surface area (Å²) in [6.45, 7) is 4.81. The lowest BCUT2D eigenvalue weighted by molar-refractivity contribution is 0.618. The van der Waals surface area contributed by atoms with Gasteiger partial charge >= 0.3 is 0 Å². The number of benzene rings is 1. The lowest BCUT2D eigenvalue weighted by atomic mass is 10.1. The van der Waals surface area contributed by atoms with Crippen molar-refractivity contribution in [3.05, 3.63) is 72.0 Å². The van der Waals surface area contributed by atoms with Gasteiger partial charge in [-0.1, -0.05) is 23.7 Å². The van der Waals surface area contributed by atoms with Crippen LogP contribution in [0.5, 0.6) is 0 Å². The summed E-state index contributed by atoms with van der Waals surface area (Å²) in [5, 5.41) is 8.84. The second-order valence-corrected chi connectivity index (χ2v) is 11.5. The van der Waals surface area contributed by atoms with Crippen LogP contribution in [0, 0.1) is 0 Å². The van der Waals surface area contributed by atoms with E-state index in [1.54, 1.807) is 6.20 Å². The summed E-state index contributed by atoms with van der Waals surface area (Å²) in [4.78, 5) is 28.8. The summed E-state index contributed by atoms with van der Waals surface area (Å²) in [7, 11) is 0. The lowest BCUT2D eigenvalue weighted by Gasteiger charge is -2.07. The van der Waals surface area contributed by atoms with Crippen LogP contribution in [0.3, 0.4) is 0 Å². The third-order valence-corrected chi connectivity index (χ3v) is 8.48. The van der Waals surface area contributed by atoms with Gasteiger partial charge < -0.3 is 26.0 Å². The van der Waals surface area contributed by atoms with Crippen molar-refractivity contribution >= 4 is 67.2 Å². The van der Waals surface area contributed by atoms with Gasteiger partial charge in [0.2, 0.25) is 0 Å². The molecule has 6 N–H and O–H groups in total. The highest BCUT2D eigenvalue weighted by Gasteiger charge is 2.22. The first-order valence-electron chi connectivity index (χ1n) is 14.2. The summed E-state index contributed by atoms with van der Waals surface area (Å²) in [6.07, 6.45) is 7.48. The maximum absolute atomic E-state index is 6.76. The number of rotatable bonds is 6. The first-order valence-corrected chi connectivity index (χ1v) is 14.6. The van der Waals surface area contributed by atoms with Gasteiger partial charge in [0.1, 0.15) is 41.3 Å². The Morgan fingerprint density at radius 1 is 0.909 bits per heavy atom. The van der Waals surface area contributed by atoms with Crippen molar-refractivity contribution in [3.63, 3.8) is 0 Å². The third-order valence-electron chi connectivity index (χ3n) is 8.09. The maximum atomic E-state index is 6.76. The first-order chi connectivity index (χ1) is 21.4. The van der Waals surface area contributed by atoms with Crippen LogP contribution < -0.4 is 11.5 Å². The van der Waals surface area contributed by atoms with Gasteiger partial charge in [-0.3, -0.25) is 0 Å². The fourth-order valence-corrected chi connectivity index (χ4v) is 6.22. The molecule has 13 heteroatoms. The van der Waals surface area contributed by atoms with Crippen molar-refractivity contribution in [2.24, 2.45) is 0 Å². The molecule has 44 heavy (non-hydrogen) atoms. The van der Waals surface area contributed by atoms with Crippen molar-refractivity contribution in [1.29, 1.82) is 0 Å². The summed E-state index contributed by atoms with van der Waals surface area (Å²) in [6, 6.07) is 12.5. The second kappa shape index (κ2) is 9.78. The molecule has 7 heterocycles. The fraction of sp³-hybridized carbons (Fsp3) is 0.161. The molecule has 0 bridgehead atoms. The molecule has 0 aliphatic carbocycles. The molecule has 0 aliphatic heterocycles. The Bertz CT molecular complexity index is 2370. The largest absolute Gasteiger partial charge is 0.383 e. The number of pyridine rings is 1. The highest BCUT2D eigenvalue weighted by Crippen LogP contribution is 2.38. The summed E-state index contributed by atoms with van der Waals surface area (Å²) >= 11 is 6.76. The zero-order valence-corrected chi connectivity index (χ0v) is 24.6. The topological polar surface area (TPSA) is 171 Å². The molecule has 8 aromatic rings. The number of anilines is 2. The molecule has 0 spiro atoms. The fourth-order valence-electron chi connectivity index (χ4n) is 5.93. The van der Waals surface area contributed by atoms with Crippen LogP contribution in [0.4, 0.5) is 11.6 Å². The molecule has 0 fully saturated rings. The Hall–Kier alpha value is -5.49. The van der Waals surface area contributed by atoms with Crippen molar-refractivity contribution in [2.45, 2.75) is 32.9 Å². The van der Waals surface area contributed by atoms with E-state index < -0.39 is 0 Å². The minimum atomic E-state index is 0.222. The first kappa shape index (κ1) is 26.2. The van der Waals surface area contributed by atoms with Crippen LogP contribution >= 0.6 is 11.6 Å². The highest BCUT2D eigenvalue weighted by atomic mass is 35.5. The number of nitrogen functional groups attached to an aromatic ring is 2. The van der Waals surface area contributed by atoms with Gasteiger partial charge in [0.05, 0.1) is 21.5 Å². The highest BCUT2D eigenvalue weighted by molar-refractivity contribution is 6.38. The van der Waals surface area contributed by atoms with Gasteiger partial charge in [0, 0.05) is 52.5 Å². The molecule has 0 amide bonds. The molecule has 12 nitrogen and oxygen atoms in total. The number of fused-ring (bicyclic) bond motifs is 4. The molecule has 0 saturated heterocycles. The number of nitrogens with zero attached hydrogens (tertiary/aromatic N) is 8. The Labute approximate surface area is 255 Å². The Kier molecular flexibility index (Phi) is 5.81. The van der Waals surface area contributed by atoms with E-state index in [1.165, 1.54) is 12.7 Å². The van der Waals surface area contributed by atoms with Gasteiger partial charge in [-0.05, 0) is 50.1 Å². The lowest BCUT2D eigenvalue weighted by Crippen LogP contribution is -2.04. The average Bonchev–Trinajstić information content (AvgIpc) is 3.78. The number of nitrogens with one attached hydrogen (secondary N) is 2. The molecule has 8 rings (SSSR count).